The van der Waals surface area contributed by atoms with Crippen molar-refractivity contribution in [1.82, 2.24) is 19.3 Å². The number of carbonyl (C=O) groups excluding carboxylic acids is 1. The molecular weight excluding hydrogens is 429 g/mol. The zero-order valence-electron chi connectivity index (χ0n) is 18.9. The van der Waals surface area contributed by atoms with Crippen molar-refractivity contribution < 1.29 is 13.9 Å². The number of hydrogen-bond acceptors (Lipinski definition) is 6. The van der Waals surface area contributed by atoms with E-state index in [2.05, 4.69) is 15.1 Å². The van der Waals surface area contributed by atoms with E-state index in [1.165, 1.54) is 17.8 Å². The molecule has 1 aromatic carbocycles. The third-order valence-electron chi connectivity index (χ3n) is 5.78. The Balaban J connectivity index is 1.52. The van der Waals surface area contributed by atoms with E-state index in [1.807, 2.05) is 42.0 Å². The van der Waals surface area contributed by atoms with Crippen LogP contribution in [-0.4, -0.2) is 57.2 Å². The van der Waals surface area contributed by atoms with Crippen molar-refractivity contribution >= 4 is 23.5 Å². The van der Waals surface area contributed by atoms with Crippen LogP contribution in [0.5, 0.6) is 0 Å². The number of Topliss-reactive ketones (excluding diaryl/α,β-unsaturated/α-hetero) is 1. The van der Waals surface area contributed by atoms with Gasteiger partial charge in [0.1, 0.15) is 5.82 Å². The van der Waals surface area contributed by atoms with Gasteiger partial charge in [-0.25, -0.2) is 4.39 Å². The van der Waals surface area contributed by atoms with E-state index in [9.17, 15) is 9.18 Å². The van der Waals surface area contributed by atoms with E-state index in [1.54, 1.807) is 13.0 Å². The van der Waals surface area contributed by atoms with Gasteiger partial charge in [-0.15, -0.1) is 10.2 Å². The number of rotatable bonds is 7. The van der Waals surface area contributed by atoms with Gasteiger partial charge < -0.3 is 14.2 Å². The minimum Gasteiger partial charge on any atom is -0.378 e. The third-order valence-corrected chi connectivity index (χ3v) is 6.75. The van der Waals surface area contributed by atoms with Gasteiger partial charge in [0, 0.05) is 42.3 Å². The van der Waals surface area contributed by atoms with Crippen molar-refractivity contribution in [2.75, 3.05) is 37.0 Å². The van der Waals surface area contributed by atoms with E-state index in [4.69, 9.17) is 4.74 Å². The first kappa shape index (κ1) is 22.5. The Morgan fingerprint density at radius 2 is 1.91 bits per heavy atom. The number of benzene rings is 1. The number of anilines is 1. The Morgan fingerprint density at radius 1 is 1.16 bits per heavy atom. The Labute approximate surface area is 191 Å². The highest BCUT2D eigenvalue weighted by molar-refractivity contribution is 7.99. The summed E-state index contributed by atoms with van der Waals surface area (Å²) in [5, 5.41) is 9.43. The van der Waals surface area contributed by atoms with E-state index < -0.39 is 0 Å². The number of ketones is 1. The number of morpholine rings is 1. The fraction of sp³-hybridized carbons (Fsp3) is 0.435. The lowest BCUT2D eigenvalue weighted by Crippen LogP contribution is -2.38. The molecule has 0 spiro atoms. The lowest BCUT2D eigenvalue weighted by molar-refractivity contribution is 0.102. The minimum absolute atomic E-state index is 0.0144. The molecule has 170 valence electrons. The number of carbonyl (C=O) groups is 1. The van der Waals surface area contributed by atoms with E-state index in [0.29, 0.717) is 24.3 Å². The standard InChI is InChI=1S/C23H28FN5O2S/c1-5-28-22(27-8-10-31-11-9-27)25-26-23(28)32-14-21(30)19-12-16(3)29(17(19)4)18-7-6-15(2)20(24)13-18/h6-7,12-13H,5,8-11,14H2,1-4H3. The van der Waals surface area contributed by atoms with Crippen LogP contribution in [0.25, 0.3) is 5.69 Å². The smallest absolute Gasteiger partial charge is 0.228 e. The molecule has 1 fully saturated rings. The van der Waals surface area contributed by atoms with Crippen molar-refractivity contribution in [3.8, 4) is 5.69 Å². The predicted molar refractivity (Wildman–Crippen MR) is 124 cm³/mol. The Bertz CT molecular complexity index is 1130. The molecule has 0 amide bonds. The summed E-state index contributed by atoms with van der Waals surface area (Å²) >= 11 is 1.40. The van der Waals surface area contributed by atoms with Crippen LogP contribution in [0.3, 0.4) is 0 Å². The molecule has 1 aliphatic heterocycles. The Hall–Kier alpha value is -2.65. The summed E-state index contributed by atoms with van der Waals surface area (Å²) in [5.74, 6) is 0.840. The van der Waals surface area contributed by atoms with E-state index in [-0.39, 0.29) is 17.4 Å². The number of nitrogens with zero attached hydrogens (tertiary/aromatic N) is 5. The monoisotopic (exact) mass is 457 g/mol. The average molecular weight is 458 g/mol. The highest BCUT2D eigenvalue weighted by Gasteiger charge is 2.22. The second kappa shape index (κ2) is 9.46. The first-order valence-corrected chi connectivity index (χ1v) is 11.8. The molecule has 0 atom stereocenters. The van der Waals surface area contributed by atoms with Gasteiger partial charge in [0.2, 0.25) is 5.95 Å². The summed E-state index contributed by atoms with van der Waals surface area (Å²) in [6, 6.07) is 7.01. The van der Waals surface area contributed by atoms with Crippen LogP contribution in [0.1, 0.15) is 34.2 Å². The van der Waals surface area contributed by atoms with Gasteiger partial charge in [0.15, 0.2) is 10.9 Å². The highest BCUT2D eigenvalue weighted by Crippen LogP contribution is 2.26. The quantitative estimate of drug-likeness (QED) is 0.395. The summed E-state index contributed by atoms with van der Waals surface area (Å²) in [4.78, 5) is 15.2. The van der Waals surface area contributed by atoms with Gasteiger partial charge in [-0.3, -0.25) is 9.36 Å². The second-order valence-electron chi connectivity index (χ2n) is 7.89. The Kier molecular flexibility index (Phi) is 6.66. The van der Waals surface area contributed by atoms with Crippen molar-refractivity contribution in [2.45, 2.75) is 39.4 Å². The molecule has 4 rings (SSSR count). The summed E-state index contributed by atoms with van der Waals surface area (Å²) in [6.07, 6.45) is 0. The lowest BCUT2D eigenvalue weighted by Gasteiger charge is -2.27. The summed E-state index contributed by atoms with van der Waals surface area (Å²) in [6.45, 7) is 11.3. The normalized spacial score (nSPS) is 14.2. The summed E-state index contributed by atoms with van der Waals surface area (Å²) in [7, 11) is 0. The molecule has 1 aliphatic rings. The predicted octanol–water partition coefficient (Wildman–Crippen LogP) is 3.96. The first-order valence-electron chi connectivity index (χ1n) is 10.8. The van der Waals surface area contributed by atoms with Crippen molar-refractivity contribution in [1.29, 1.82) is 0 Å². The largest absolute Gasteiger partial charge is 0.378 e. The zero-order valence-corrected chi connectivity index (χ0v) is 19.7. The van der Waals surface area contributed by atoms with E-state index >= 15 is 0 Å². The molecule has 32 heavy (non-hydrogen) atoms. The highest BCUT2D eigenvalue weighted by atomic mass is 32.2. The molecule has 2 aromatic heterocycles. The zero-order chi connectivity index (χ0) is 22.8. The van der Waals surface area contributed by atoms with Crippen LogP contribution in [0.15, 0.2) is 29.4 Å². The summed E-state index contributed by atoms with van der Waals surface area (Å²) in [5.41, 5.74) is 3.66. The molecule has 9 heteroatoms. The molecular formula is C23H28FN5O2S. The van der Waals surface area contributed by atoms with Crippen molar-refractivity contribution in [3.05, 3.63) is 52.6 Å². The average Bonchev–Trinajstić information content (AvgIpc) is 3.34. The van der Waals surface area contributed by atoms with Crippen LogP contribution in [0, 0.1) is 26.6 Å². The van der Waals surface area contributed by atoms with E-state index in [0.717, 1.165) is 47.8 Å². The van der Waals surface area contributed by atoms with Crippen molar-refractivity contribution in [3.63, 3.8) is 0 Å². The molecule has 7 nitrogen and oxygen atoms in total. The molecule has 0 bridgehead atoms. The number of aromatic nitrogens is 4. The first-order chi connectivity index (χ1) is 15.4. The maximum atomic E-state index is 14.1. The SMILES string of the molecule is CCn1c(SCC(=O)c2cc(C)n(-c3ccc(C)c(F)c3)c2C)nnc1N1CCOCC1. The summed E-state index contributed by atoms with van der Waals surface area (Å²) < 4.78 is 23.5. The number of hydrogen-bond donors (Lipinski definition) is 0. The topological polar surface area (TPSA) is 65.2 Å². The molecule has 3 aromatic rings. The number of halogens is 1. The van der Waals surface area contributed by atoms with Gasteiger partial charge in [0.05, 0.1) is 19.0 Å². The van der Waals surface area contributed by atoms with Gasteiger partial charge in [-0.2, -0.15) is 0 Å². The number of ether oxygens (including phenoxy) is 1. The van der Waals surface area contributed by atoms with Gasteiger partial charge in [-0.05, 0) is 51.5 Å². The molecule has 0 unspecified atom stereocenters. The molecule has 0 radical (unpaired) electrons. The fourth-order valence-electron chi connectivity index (χ4n) is 4.03. The maximum Gasteiger partial charge on any atom is 0.228 e. The van der Waals surface area contributed by atoms with Crippen molar-refractivity contribution in [2.24, 2.45) is 0 Å². The van der Waals surface area contributed by atoms with Crippen LogP contribution in [-0.2, 0) is 11.3 Å². The number of aryl methyl sites for hydroxylation is 2. The van der Waals surface area contributed by atoms with Crippen LogP contribution in [0.2, 0.25) is 0 Å². The lowest BCUT2D eigenvalue weighted by atomic mass is 10.2. The maximum absolute atomic E-state index is 14.1. The second-order valence-corrected chi connectivity index (χ2v) is 8.83. The fourth-order valence-corrected chi connectivity index (χ4v) is 4.91. The molecule has 0 aliphatic carbocycles. The van der Waals surface area contributed by atoms with Crippen LogP contribution >= 0.6 is 11.8 Å². The minimum atomic E-state index is -0.256. The van der Waals surface area contributed by atoms with Gasteiger partial charge in [0.25, 0.3) is 0 Å². The van der Waals surface area contributed by atoms with Gasteiger partial charge in [-0.1, -0.05) is 17.8 Å². The van der Waals surface area contributed by atoms with Crippen LogP contribution < -0.4 is 4.90 Å². The third kappa shape index (κ3) is 4.31. The van der Waals surface area contributed by atoms with Crippen LogP contribution in [0.4, 0.5) is 10.3 Å². The molecule has 0 saturated carbocycles. The number of thioether (sulfide) groups is 1. The Morgan fingerprint density at radius 3 is 2.59 bits per heavy atom. The van der Waals surface area contributed by atoms with Gasteiger partial charge >= 0.3 is 0 Å². The molecule has 0 N–H and O–H groups in total. The molecule has 3 heterocycles. The molecule has 1 saturated heterocycles.